The molecule has 2 aromatic rings. The van der Waals surface area contributed by atoms with Gasteiger partial charge in [0, 0.05) is 5.02 Å². The number of hydrogen-bond acceptors (Lipinski definition) is 3. The Morgan fingerprint density at radius 3 is 2.14 bits per heavy atom. The summed E-state index contributed by atoms with van der Waals surface area (Å²) in [7, 11) is 4.78. The molecule has 0 saturated heterocycles. The molecule has 2 rings (SSSR count). The third-order valence-corrected chi connectivity index (χ3v) is 4.00. The van der Waals surface area contributed by atoms with E-state index in [-0.39, 0.29) is 5.38 Å². The summed E-state index contributed by atoms with van der Waals surface area (Å²) in [6, 6.07) is 11.0. The van der Waals surface area contributed by atoms with Gasteiger partial charge in [0.2, 0.25) is 0 Å². The van der Waals surface area contributed by atoms with E-state index < -0.39 is 0 Å². The molecule has 0 aliphatic carbocycles. The van der Waals surface area contributed by atoms with Gasteiger partial charge in [-0.25, -0.2) is 0 Å². The maximum atomic E-state index is 6.54. The van der Waals surface area contributed by atoms with Crippen LogP contribution in [0.15, 0.2) is 36.4 Å². The molecule has 1 unspecified atom stereocenters. The highest BCUT2D eigenvalue weighted by Gasteiger charge is 2.17. The number of hydrogen-bond donors (Lipinski definition) is 0. The first-order chi connectivity index (χ1) is 10.1. The van der Waals surface area contributed by atoms with Crippen LogP contribution >= 0.6 is 23.2 Å². The lowest BCUT2D eigenvalue weighted by atomic mass is 10.0. The topological polar surface area (TPSA) is 27.7 Å². The normalized spacial score (nSPS) is 11.9. The summed E-state index contributed by atoms with van der Waals surface area (Å²) in [6.07, 6.45) is 0. The second kappa shape index (κ2) is 6.92. The van der Waals surface area contributed by atoms with Gasteiger partial charge in [0.25, 0.3) is 0 Å². The maximum Gasteiger partial charge on any atom is 0.161 e. The summed E-state index contributed by atoms with van der Waals surface area (Å²) >= 11 is 12.8. The molecule has 0 aliphatic heterocycles. The average molecular weight is 327 g/mol. The molecule has 0 aliphatic rings. The minimum Gasteiger partial charge on any atom is -0.497 e. The Morgan fingerprint density at radius 2 is 1.57 bits per heavy atom. The molecule has 0 heterocycles. The fraction of sp³-hybridized carbons (Fsp3) is 0.250. The Bertz CT molecular complexity index is 629. The monoisotopic (exact) mass is 326 g/mol. The van der Waals surface area contributed by atoms with Gasteiger partial charge >= 0.3 is 0 Å². The van der Waals surface area contributed by atoms with E-state index in [9.17, 15) is 0 Å². The first-order valence-electron chi connectivity index (χ1n) is 6.30. The van der Waals surface area contributed by atoms with Crippen molar-refractivity contribution < 1.29 is 14.2 Å². The predicted molar refractivity (Wildman–Crippen MR) is 85.2 cm³/mol. The predicted octanol–water partition coefficient (Wildman–Crippen LogP) is 4.69. The molecule has 3 nitrogen and oxygen atoms in total. The van der Waals surface area contributed by atoms with Crippen molar-refractivity contribution in [1.29, 1.82) is 0 Å². The molecular formula is C16H16Cl2O3. The minimum absolute atomic E-state index is 0.386. The van der Waals surface area contributed by atoms with Crippen LogP contribution in [0.4, 0.5) is 0 Å². The van der Waals surface area contributed by atoms with Crippen molar-refractivity contribution in [3.63, 3.8) is 0 Å². The van der Waals surface area contributed by atoms with Crippen LogP contribution in [-0.4, -0.2) is 21.3 Å². The number of ether oxygens (including phenoxy) is 3. The van der Waals surface area contributed by atoms with E-state index in [0.29, 0.717) is 22.3 Å². The van der Waals surface area contributed by atoms with Crippen LogP contribution in [0.2, 0.25) is 5.02 Å². The number of alkyl halides is 1. The van der Waals surface area contributed by atoms with Gasteiger partial charge in [0.1, 0.15) is 5.75 Å². The number of methoxy groups -OCH3 is 3. The summed E-state index contributed by atoms with van der Waals surface area (Å²) in [5, 5.41) is 0.173. The molecule has 5 heteroatoms. The Hall–Kier alpha value is -1.58. The van der Waals surface area contributed by atoms with Crippen LogP contribution in [0.1, 0.15) is 16.5 Å². The fourth-order valence-corrected chi connectivity index (χ4v) is 2.69. The van der Waals surface area contributed by atoms with Crippen molar-refractivity contribution in [2.24, 2.45) is 0 Å². The molecule has 0 radical (unpaired) electrons. The highest BCUT2D eigenvalue weighted by Crippen LogP contribution is 2.38. The zero-order chi connectivity index (χ0) is 15.4. The zero-order valence-electron chi connectivity index (χ0n) is 12.0. The minimum atomic E-state index is -0.386. The largest absolute Gasteiger partial charge is 0.497 e. The second-order valence-corrected chi connectivity index (χ2v) is 5.21. The quantitative estimate of drug-likeness (QED) is 0.746. The smallest absolute Gasteiger partial charge is 0.161 e. The molecular weight excluding hydrogens is 311 g/mol. The van der Waals surface area contributed by atoms with Gasteiger partial charge in [0.15, 0.2) is 11.5 Å². The van der Waals surface area contributed by atoms with Gasteiger partial charge in [-0.1, -0.05) is 23.7 Å². The molecule has 0 saturated carbocycles. The van der Waals surface area contributed by atoms with Gasteiger partial charge in [-0.05, 0) is 35.4 Å². The molecule has 2 aromatic carbocycles. The van der Waals surface area contributed by atoms with E-state index in [1.54, 1.807) is 27.4 Å². The summed E-state index contributed by atoms with van der Waals surface area (Å²) in [5.41, 5.74) is 1.69. The van der Waals surface area contributed by atoms with Crippen LogP contribution in [0.25, 0.3) is 0 Å². The Balaban J connectivity index is 2.37. The summed E-state index contributed by atoms with van der Waals surface area (Å²) in [6.45, 7) is 0. The molecule has 0 amide bonds. The fourth-order valence-electron chi connectivity index (χ4n) is 2.03. The average Bonchev–Trinajstić information content (AvgIpc) is 2.53. The SMILES string of the molecule is COc1ccc(C(Cl)c2ccc(OC)c(OC)c2)c(Cl)c1. The van der Waals surface area contributed by atoms with Crippen LogP contribution in [0.5, 0.6) is 17.2 Å². The lowest BCUT2D eigenvalue weighted by Gasteiger charge is -2.15. The molecule has 21 heavy (non-hydrogen) atoms. The van der Waals surface area contributed by atoms with E-state index in [0.717, 1.165) is 11.1 Å². The Kier molecular flexibility index (Phi) is 5.21. The third kappa shape index (κ3) is 3.36. The molecule has 0 aromatic heterocycles. The van der Waals surface area contributed by atoms with Crippen molar-refractivity contribution >= 4 is 23.2 Å². The highest BCUT2D eigenvalue weighted by molar-refractivity contribution is 6.33. The van der Waals surface area contributed by atoms with Crippen molar-refractivity contribution in [1.82, 2.24) is 0 Å². The van der Waals surface area contributed by atoms with Crippen molar-refractivity contribution in [3.05, 3.63) is 52.5 Å². The molecule has 0 bridgehead atoms. The standard InChI is InChI=1S/C16H16Cl2O3/c1-19-11-5-6-12(13(17)9-11)16(18)10-4-7-14(20-2)15(8-10)21-3/h4-9,16H,1-3H3. The van der Waals surface area contributed by atoms with Gasteiger partial charge < -0.3 is 14.2 Å². The summed E-state index contributed by atoms with van der Waals surface area (Å²) in [5.74, 6) is 1.98. The summed E-state index contributed by atoms with van der Waals surface area (Å²) < 4.78 is 15.7. The van der Waals surface area contributed by atoms with E-state index in [1.165, 1.54) is 0 Å². The first-order valence-corrected chi connectivity index (χ1v) is 7.11. The van der Waals surface area contributed by atoms with Gasteiger partial charge in [-0.2, -0.15) is 0 Å². The highest BCUT2D eigenvalue weighted by atomic mass is 35.5. The van der Waals surface area contributed by atoms with E-state index in [1.807, 2.05) is 30.3 Å². The molecule has 0 N–H and O–H groups in total. The van der Waals surface area contributed by atoms with Crippen LogP contribution in [0, 0.1) is 0 Å². The number of rotatable bonds is 5. The summed E-state index contributed by atoms with van der Waals surface area (Å²) in [4.78, 5) is 0. The maximum absolute atomic E-state index is 6.54. The lowest BCUT2D eigenvalue weighted by Crippen LogP contribution is -1.97. The Morgan fingerprint density at radius 1 is 0.857 bits per heavy atom. The van der Waals surface area contributed by atoms with Gasteiger partial charge in [-0.3, -0.25) is 0 Å². The number of benzene rings is 2. The molecule has 0 spiro atoms. The van der Waals surface area contributed by atoms with Crippen molar-refractivity contribution in [3.8, 4) is 17.2 Å². The Labute approximate surface area is 134 Å². The molecule has 112 valence electrons. The first kappa shape index (κ1) is 15.8. The van der Waals surface area contributed by atoms with E-state index in [2.05, 4.69) is 0 Å². The second-order valence-electron chi connectivity index (χ2n) is 4.36. The lowest BCUT2D eigenvalue weighted by molar-refractivity contribution is 0.354. The van der Waals surface area contributed by atoms with Gasteiger partial charge in [-0.15, -0.1) is 11.6 Å². The zero-order valence-corrected chi connectivity index (χ0v) is 13.5. The van der Waals surface area contributed by atoms with E-state index >= 15 is 0 Å². The third-order valence-electron chi connectivity index (χ3n) is 3.18. The van der Waals surface area contributed by atoms with Crippen LogP contribution in [0.3, 0.4) is 0 Å². The van der Waals surface area contributed by atoms with Crippen LogP contribution in [-0.2, 0) is 0 Å². The molecule has 0 fully saturated rings. The van der Waals surface area contributed by atoms with Crippen LogP contribution < -0.4 is 14.2 Å². The van der Waals surface area contributed by atoms with Crippen molar-refractivity contribution in [2.45, 2.75) is 5.38 Å². The molecule has 1 atom stereocenters. The van der Waals surface area contributed by atoms with Crippen molar-refractivity contribution in [2.75, 3.05) is 21.3 Å². The van der Waals surface area contributed by atoms with Gasteiger partial charge in [0.05, 0.1) is 26.7 Å². The number of halogens is 2. The van der Waals surface area contributed by atoms with E-state index in [4.69, 9.17) is 37.4 Å².